The average Bonchev–Trinajstić information content (AvgIpc) is 2.80. The summed E-state index contributed by atoms with van der Waals surface area (Å²) in [7, 11) is 0. The van der Waals surface area contributed by atoms with Gasteiger partial charge in [-0.2, -0.15) is 13.2 Å². The number of halogens is 4. The Labute approximate surface area is 193 Å². The minimum Gasteiger partial charge on any atom is -0.493 e. The van der Waals surface area contributed by atoms with Gasteiger partial charge in [-0.3, -0.25) is 0 Å². The number of rotatable bonds is 10. The molecule has 1 atom stereocenters. The van der Waals surface area contributed by atoms with Gasteiger partial charge in [0.2, 0.25) is 0 Å². The number of carboxylic acid groups (broad SMARTS) is 1. The van der Waals surface area contributed by atoms with Crippen molar-refractivity contribution in [2.24, 2.45) is 0 Å². The Morgan fingerprint density at radius 3 is 2.50 bits per heavy atom. The van der Waals surface area contributed by atoms with E-state index >= 15 is 0 Å². The third-order valence-electron chi connectivity index (χ3n) is 4.88. The normalized spacial score (nSPS) is 12.4. The quantitative estimate of drug-likeness (QED) is 0.415. The average molecular weight is 478 g/mol. The number of carboxylic acids is 1. The Balaban J connectivity index is 1.63. The Kier molecular flexibility index (Phi) is 8.17. The van der Waals surface area contributed by atoms with Crippen molar-refractivity contribution in [1.82, 2.24) is 9.97 Å². The number of nitrogens with zero attached hydrogens (tertiary/aromatic N) is 2. The lowest BCUT2D eigenvalue weighted by molar-refractivity contribution is -0.150. The lowest BCUT2D eigenvalue weighted by atomic mass is 10.1. The highest BCUT2D eigenvalue weighted by Gasteiger charge is 2.32. The standard InChI is InChI=1S/C24H22F4N2O4/c1-2-33-20(23(31)32)13-15-3-6-18(7-4-15)34-12-10-16-14-17(5-8-19(16)25)22-29-11-9-21(30-22)24(26,27)28/h3-9,11,14,20H,2,10,12-13H2,1H3,(H,31,32). The zero-order chi connectivity index (χ0) is 24.7. The van der Waals surface area contributed by atoms with Gasteiger partial charge in [-0.05, 0) is 54.4 Å². The lowest BCUT2D eigenvalue weighted by Gasteiger charge is -2.13. The molecule has 180 valence electrons. The van der Waals surface area contributed by atoms with Gasteiger partial charge in [-0.1, -0.05) is 12.1 Å². The zero-order valence-corrected chi connectivity index (χ0v) is 18.2. The van der Waals surface area contributed by atoms with E-state index < -0.39 is 29.8 Å². The summed E-state index contributed by atoms with van der Waals surface area (Å²) in [6.07, 6.45) is -4.17. The topological polar surface area (TPSA) is 81.5 Å². The maximum absolute atomic E-state index is 14.2. The van der Waals surface area contributed by atoms with Crippen molar-refractivity contribution in [1.29, 1.82) is 0 Å². The Hall–Kier alpha value is -3.53. The van der Waals surface area contributed by atoms with Crippen molar-refractivity contribution in [2.75, 3.05) is 13.2 Å². The van der Waals surface area contributed by atoms with E-state index in [-0.39, 0.29) is 43.0 Å². The fraction of sp³-hybridized carbons (Fsp3) is 0.292. The number of aromatic nitrogens is 2. The summed E-state index contributed by atoms with van der Waals surface area (Å²) in [5, 5.41) is 9.17. The van der Waals surface area contributed by atoms with Crippen LogP contribution in [0.15, 0.2) is 54.7 Å². The maximum atomic E-state index is 14.2. The molecule has 0 aliphatic heterocycles. The number of ether oxygens (including phenoxy) is 2. The summed E-state index contributed by atoms with van der Waals surface area (Å²) >= 11 is 0. The molecule has 0 bridgehead atoms. The lowest BCUT2D eigenvalue weighted by Crippen LogP contribution is -2.26. The second-order valence-corrected chi connectivity index (χ2v) is 7.30. The molecule has 6 nitrogen and oxygen atoms in total. The van der Waals surface area contributed by atoms with E-state index in [1.807, 2.05) is 0 Å². The van der Waals surface area contributed by atoms with E-state index in [1.165, 1.54) is 12.1 Å². The molecule has 0 aliphatic rings. The molecular formula is C24H22F4N2O4. The minimum absolute atomic E-state index is 0.111. The van der Waals surface area contributed by atoms with Crippen LogP contribution in [0.4, 0.5) is 17.6 Å². The number of hydrogen-bond donors (Lipinski definition) is 1. The van der Waals surface area contributed by atoms with Gasteiger partial charge >= 0.3 is 12.1 Å². The van der Waals surface area contributed by atoms with Crippen molar-refractivity contribution in [3.05, 3.63) is 77.4 Å². The summed E-state index contributed by atoms with van der Waals surface area (Å²) in [5.41, 5.74) is 0.185. The molecule has 1 heterocycles. The summed E-state index contributed by atoms with van der Waals surface area (Å²) in [6, 6.07) is 11.4. The van der Waals surface area contributed by atoms with Crippen molar-refractivity contribution in [3.8, 4) is 17.1 Å². The first-order valence-corrected chi connectivity index (χ1v) is 10.4. The smallest absolute Gasteiger partial charge is 0.433 e. The van der Waals surface area contributed by atoms with E-state index in [0.717, 1.165) is 23.9 Å². The SMILES string of the molecule is CCOC(Cc1ccc(OCCc2cc(-c3nccc(C(F)(F)F)n3)ccc2F)cc1)C(=O)O. The first kappa shape index (κ1) is 25.1. The van der Waals surface area contributed by atoms with E-state index in [9.17, 15) is 27.5 Å². The third kappa shape index (κ3) is 6.74. The molecule has 1 unspecified atom stereocenters. The van der Waals surface area contributed by atoms with Crippen molar-refractivity contribution in [3.63, 3.8) is 0 Å². The highest BCUT2D eigenvalue weighted by molar-refractivity contribution is 5.72. The summed E-state index contributed by atoms with van der Waals surface area (Å²) < 4.78 is 63.8. The van der Waals surface area contributed by atoms with Crippen LogP contribution in [0.1, 0.15) is 23.7 Å². The maximum Gasteiger partial charge on any atom is 0.433 e. The minimum atomic E-state index is -4.61. The molecule has 0 fully saturated rings. The fourth-order valence-electron chi connectivity index (χ4n) is 3.19. The molecule has 0 saturated carbocycles. The molecule has 34 heavy (non-hydrogen) atoms. The molecule has 10 heteroatoms. The highest BCUT2D eigenvalue weighted by atomic mass is 19.4. The molecule has 0 amide bonds. The van der Waals surface area contributed by atoms with Gasteiger partial charge in [-0.15, -0.1) is 0 Å². The second-order valence-electron chi connectivity index (χ2n) is 7.30. The van der Waals surface area contributed by atoms with Crippen molar-refractivity contribution >= 4 is 5.97 Å². The molecule has 0 aliphatic carbocycles. The van der Waals surface area contributed by atoms with Crippen LogP contribution in [0.2, 0.25) is 0 Å². The Morgan fingerprint density at radius 1 is 1.12 bits per heavy atom. The van der Waals surface area contributed by atoms with Gasteiger partial charge in [0.1, 0.15) is 17.3 Å². The van der Waals surface area contributed by atoms with Gasteiger partial charge in [0, 0.05) is 31.2 Å². The third-order valence-corrected chi connectivity index (χ3v) is 4.88. The molecule has 1 N–H and O–H groups in total. The molecule has 0 saturated heterocycles. The van der Waals surface area contributed by atoms with Gasteiger partial charge < -0.3 is 14.6 Å². The number of carbonyl (C=O) groups is 1. The predicted molar refractivity (Wildman–Crippen MR) is 115 cm³/mol. The molecule has 1 aromatic heterocycles. The van der Waals surface area contributed by atoms with Crippen LogP contribution in [-0.2, 0) is 28.5 Å². The largest absolute Gasteiger partial charge is 0.493 e. The van der Waals surface area contributed by atoms with E-state index in [0.29, 0.717) is 5.75 Å². The second kappa shape index (κ2) is 11.1. The van der Waals surface area contributed by atoms with Crippen LogP contribution in [0, 0.1) is 5.82 Å². The molecule has 3 rings (SSSR count). The van der Waals surface area contributed by atoms with Crippen LogP contribution < -0.4 is 4.74 Å². The van der Waals surface area contributed by atoms with E-state index in [1.54, 1.807) is 31.2 Å². The first-order valence-electron chi connectivity index (χ1n) is 10.4. The van der Waals surface area contributed by atoms with Crippen LogP contribution in [0.3, 0.4) is 0 Å². The van der Waals surface area contributed by atoms with E-state index in [4.69, 9.17) is 9.47 Å². The Morgan fingerprint density at radius 2 is 1.85 bits per heavy atom. The van der Waals surface area contributed by atoms with Crippen molar-refractivity contribution < 1.29 is 36.9 Å². The molecule has 2 aromatic carbocycles. The number of alkyl halides is 3. The van der Waals surface area contributed by atoms with Crippen LogP contribution in [0.5, 0.6) is 5.75 Å². The van der Waals surface area contributed by atoms with Crippen LogP contribution in [0.25, 0.3) is 11.4 Å². The summed E-state index contributed by atoms with van der Waals surface area (Å²) in [4.78, 5) is 18.6. The van der Waals surface area contributed by atoms with Crippen molar-refractivity contribution in [2.45, 2.75) is 32.0 Å². The molecule has 3 aromatic rings. The number of hydrogen-bond acceptors (Lipinski definition) is 5. The molecule has 0 spiro atoms. The van der Waals surface area contributed by atoms with Crippen LogP contribution >= 0.6 is 0 Å². The van der Waals surface area contributed by atoms with E-state index in [2.05, 4.69) is 9.97 Å². The Bertz CT molecular complexity index is 1120. The molecular weight excluding hydrogens is 456 g/mol. The van der Waals surface area contributed by atoms with Gasteiger partial charge in [-0.25, -0.2) is 19.2 Å². The monoisotopic (exact) mass is 478 g/mol. The molecule has 0 radical (unpaired) electrons. The van der Waals surface area contributed by atoms with Gasteiger partial charge in [0.15, 0.2) is 11.9 Å². The first-order chi connectivity index (χ1) is 16.2. The number of benzene rings is 2. The van der Waals surface area contributed by atoms with Gasteiger partial charge in [0.05, 0.1) is 6.61 Å². The number of aliphatic carboxylic acids is 1. The fourth-order valence-corrected chi connectivity index (χ4v) is 3.19. The van der Waals surface area contributed by atoms with Crippen LogP contribution in [-0.4, -0.2) is 40.4 Å². The summed E-state index contributed by atoms with van der Waals surface area (Å²) in [5.74, 6) is -1.21. The highest BCUT2D eigenvalue weighted by Crippen LogP contribution is 2.29. The zero-order valence-electron chi connectivity index (χ0n) is 18.2. The summed E-state index contributed by atoms with van der Waals surface area (Å²) in [6.45, 7) is 2.12. The predicted octanol–water partition coefficient (Wildman–Crippen LogP) is 4.96. The van der Waals surface area contributed by atoms with Gasteiger partial charge in [0.25, 0.3) is 0 Å².